The third-order valence-electron chi connectivity index (χ3n) is 4.28. The van der Waals surface area contributed by atoms with Crippen LogP contribution in [0.4, 0.5) is 10.5 Å². The van der Waals surface area contributed by atoms with Gasteiger partial charge in [0, 0.05) is 11.8 Å². The maximum Gasteiger partial charge on any atom is 0.338 e. The number of nitrogens with one attached hydrogen (secondary N) is 2. The molecule has 1 aliphatic rings. The molecule has 28 heavy (non-hydrogen) atoms. The lowest BCUT2D eigenvalue weighted by molar-refractivity contribution is -0.386. The normalized spacial score (nSPS) is 17.4. The quantitative estimate of drug-likeness (QED) is 0.367. The van der Waals surface area contributed by atoms with Crippen LogP contribution in [0.3, 0.4) is 0 Å². The second-order valence-corrected chi connectivity index (χ2v) is 6.27. The van der Waals surface area contributed by atoms with Gasteiger partial charge in [0.15, 0.2) is 5.75 Å². The number of phenols is 1. The van der Waals surface area contributed by atoms with Crippen molar-refractivity contribution in [3.8, 4) is 11.5 Å². The van der Waals surface area contributed by atoms with E-state index in [2.05, 4.69) is 10.6 Å². The number of phenolic OH excluding ortho intramolecular Hbond substituents is 1. The molecule has 10 nitrogen and oxygen atoms in total. The van der Waals surface area contributed by atoms with E-state index in [1.54, 1.807) is 13.8 Å². The van der Waals surface area contributed by atoms with Crippen LogP contribution in [-0.4, -0.2) is 34.7 Å². The van der Waals surface area contributed by atoms with Crippen LogP contribution in [0.5, 0.6) is 11.5 Å². The minimum absolute atomic E-state index is 0.113. The van der Waals surface area contributed by atoms with E-state index in [1.807, 2.05) is 6.92 Å². The molecule has 1 aromatic rings. The molecule has 0 unspecified atom stereocenters. The molecule has 1 aliphatic heterocycles. The highest BCUT2D eigenvalue weighted by Crippen LogP contribution is 2.40. The molecule has 0 fully saturated rings. The average Bonchev–Trinajstić information content (AvgIpc) is 2.62. The lowest BCUT2D eigenvalue weighted by Gasteiger charge is -2.29. The molecular weight excluding hydrogens is 370 g/mol. The zero-order chi connectivity index (χ0) is 21.0. The van der Waals surface area contributed by atoms with Gasteiger partial charge >= 0.3 is 17.7 Å². The number of rotatable bonds is 7. The Bertz CT molecular complexity index is 835. The van der Waals surface area contributed by atoms with E-state index in [0.717, 1.165) is 6.07 Å². The number of hydrogen-bond donors (Lipinski definition) is 3. The number of nitrogens with zero attached hydrogens (tertiary/aromatic N) is 1. The van der Waals surface area contributed by atoms with Gasteiger partial charge in [0.25, 0.3) is 0 Å². The first-order valence-electron chi connectivity index (χ1n) is 8.82. The summed E-state index contributed by atoms with van der Waals surface area (Å²) < 4.78 is 10.6. The minimum atomic E-state index is -1.01. The highest BCUT2D eigenvalue weighted by atomic mass is 16.6. The Morgan fingerprint density at radius 3 is 2.64 bits per heavy atom. The van der Waals surface area contributed by atoms with Crippen LogP contribution in [0.25, 0.3) is 0 Å². The molecule has 0 spiro atoms. The smallest absolute Gasteiger partial charge is 0.338 e. The first-order valence-corrected chi connectivity index (χ1v) is 8.82. The number of carbonyl (C=O) groups is 2. The van der Waals surface area contributed by atoms with Crippen molar-refractivity contribution in [2.24, 2.45) is 0 Å². The van der Waals surface area contributed by atoms with Crippen molar-refractivity contribution in [3.05, 3.63) is 39.1 Å². The molecule has 152 valence electrons. The molecule has 0 bridgehead atoms. The Balaban J connectivity index is 2.58. The zero-order valence-electron chi connectivity index (χ0n) is 16.1. The van der Waals surface area contributed by atoms with E-state index in [-0.39, 0.29) is 35.3 Å². The zero-order valence-corrected chi connectivity index (χ0v) is 16.1. The van der Waals surface area contributed by atoms with E-state index in [1.165, 1.54) is 13.0 Å². The van der Waals surface area contributed by atoms with E-state index < -0.39 is 34.4 Å². The number of allylic oxidation sites excluding steroid dienone is 1. The van der Waals surface area contributed by atoms with Gasteiger partial charge in [-0.05, 0) is 38.8 Å². The highest BCUT2D eigenvalue weighted by molar-refractivity contribution is 5.95. The fourth-order valence-corrected chi connectivity index (χ4v) is 2.73. The molecule has 0 saturated heterocycles. The fourth-order valence-electron chi connectivity index (χ4n) is 2.73. The molecule has 10 heteroatoms. The SMILES string of the molecule is CCOc1cc([C@@H]2NC(=O)NC(C)=C2C(=O)O[C@H](C)CC)cc([N+](=O)[O-])c1O. The maximum atomic E-state index is 12.7. The first-order chi connectivity index (χ1) is 13.2. The number of ether oxygens (including phenoxy) is 2. The van der Waals surface area contributed by atoms with Crippen molar-refractivity contribution in [3.63, 3.8) is 0 Å². The Kier molecular flexibility index (Phi) is 6.45. The number of nitro benzene ring substituents is 1. The summed E-state index contributed by atoms with van der Waals surface area (Å²) in [6, 6.07) is 0.865. The van der Waals surface area contributed by atoms with Gasteiger partial charge in [-0.15, -0.1) is 0 Å². The monoisotopic (exact) mass is 393 g/mol. The van der Waals surface area contributed by atoms with Crippen LogP contribution in [-0.2, 0) is 9.53 Å². The van der Waals surface area contributed by atoms with Crippen LogP contribution in [0.15, 0.2) is 23.4 Å². The summed E-state index contributed by atoms with van der Waals surface area (Å²) in [6.07, 6.45) is 0.251. The second-order valence-electron chi connectivity index (χ2n) is 6.27. The average molecular weight is 393 g/mol. The van der Waals surface area contributed by atoms with Gasteiger partial charge in [-0.25, -0.2) is 9.59 Å². The van der Waals surface area contributed by atoms with E-state index >= 15 is 0 Å². The van der Waals surface area contributed by atoms with Crippen molar-refractivity contribution in [1.29, 1.82) is 0 Å². The molecule has 2 rings (SSSR count). The van der Waals surface area contributed by atoms with E-state index in [0.29, 0.717) is 6.42 Å². The summed E-state index contributed by atoms with van der Waals surface area (Å²) >= 11 is 0. The summed E-state index contributed by atoms with van der Waals surface area (Å²) in [5, 5.41) is 26.5. The first kappa shape index (κ1) is 21.0. The van der Waals surface area contributed by atoms with Crippen molar-refractivity contribution >= 4 is 17.7 Å². The summed E-state index contributed by atoms with van der Waals surface area (Å²) in [5.41, 5.74) is -0.00245. The van der Waals surface area contributed by atoms with E-state index in [4.69, 9.17) is 9.47 Å². The van der Waals surface area contributed by atoms with Crippen molar-refractivity contribution in [2.75, 3.05) is 6.61 Å². The Morgan fingerprint density at radius 2 is 2.07 bits per heavy atom. The molecular formula is C18H23N3O7. The number of hydrogen-bond acceptors (Lipinski definition) is 7. The van der Waals surface area contributed by atoms with Gasteiger partial charge in [0.2, 0.25) is 5.75 Å². The second kappa shape index (κ2) is 8.59. The Labute approximate surface area is 161 Å². The fraction of sp³-hybridized carbons (Fsp3) is 0.444. The standard InChI is InChI=1S/C18H23N3O7/c1-5-9(3)28-17(23)14-10(4)19-18(24)20-15(14)11-7-12(21(25)26)16(22)13(8-11)27-6-2/h7-9,15,22H,5-6H2,1-4H3,(H2,19,20,24)/t9-,15+/m1/s1. The van der Waals surface area contributed by atoms with Crippen LogP contribution in [0.1, 0.15) is 45.7 Å². The van der Waals surface area contributed by atoms with E-state index in [9.17, 15) is 24.8 Å². The molecule has 3 N–H and O–H groups in total. The summed E-state index contributed by atoms with van der Waals surface area (Å²) in [6.45, 7) is 6.94. The molecule has 2 amide bonds. The minimum Gasteiger partial charge on any atom is -0.500 e. The predicted molar refractivity (Wildman–Crippen MR) is 98.9 cm³/mol. The van der Waals surface area contributed by atoms with Crippen LogP contribution in [0.2, 0.25) is 0 Å². The van der Waals surface area contributed by atoms with Gasteiger partial charge < -0.3 is 25.2 Å². The number of benzene rings is 1. The van der Waals surface area contributed by atoms with Crippen molar-refractivity contribution < 1.29 is 29.1 Å². The summed E-state index contributed by atoms with van der Waals surface area (Å²) in [5.74, 6) is -1.40. The molecule has 0 saturated carbocycles. The Hall–Kier alpha value is -3.30. The topological polar surface area (TPSA) is 140 Å². The van der Waals surface area contributed by atoms with Crippen LogP contribution in [0, 0.1) is 10.1 Å². The third-order valence-corrected chi connectivity index (χ3v) is 4.28. The molecule has 1 aromatic carbocycles. The summed E-state index contributed by atoms with van der Waals surface area (Å²) in [4.78, 5) is 35.2. The van der Waals surface area contributed by atoms with Gasteiger partial charge in [0.05, 0.1) is 29.2 Å². The number of carbonyl (C=O) groups excluding carboxylic acids is 2. The molecule has 0 radical (unpaired) electrons. The molecule has 2 atom stereocenters. The number of urea groups is 1. The third kappa shape index (κ3) is 4.33. The van der Waals surface area contributed by atoms with Gasteiger partial charge in [0.1, 0.15) is 0 Å². The number of amides is 2. The van der Waals surface area contributed by atoms with Crippen LogP contribution < -0.4 is 15.4 Å². The van der Waals surface area contributed by atoms with Crippen molar-refractivity contribution in [1.82, 2.24) is 10.6 Å². The van der Waals surface area contributed by atoms with Crippen molar-refractivity contribution in [2.45, 2.75) is 46.3 Å². The van der Waals surface area contributed by atoms with Gasteiger partial charge in [-0.3, -0.25) is 10.1 Å². The van der Waals surface area contributed by atoms with Gasteiger partial charge in [-0.2, -0.15) is 0 Å². The lowest BCUT2D eigenvalue weighted by Crippen LogP contribution is -2.45. The summed E-state index contributed by atoms with van der Waals surface area (Å²) in [7, 11) is 0. The maximum absolute atomic E-state index is 12.7. The highest BCUT2D eigenvalue weighted by Gasteiger charge is 2.35. The molecule has 1 heterocycles. The lowest BCUT2D eigenvalue weighted by atomic mass is 9.94. The van der Waals surface area contributed by atoms with Gasteiger partial charge in [-0.1, -0.05) is 6.92 Å². The largest absolute Gasteiger partial charge is 0.500 e. The number of esters is 1. The number of nitro groups is 1. The van der Waals surface area contributed by atoms with Crippen LogP contribution >= 0.6 is 0 Å². The number of aromatic hydroxyl groups is 1. The molecule has 0 aliphatic carbocycles. The molecule has 0 aromatic heterocycles. The predicted octanol–water partition coefficient (Wildman–Crippen LogP) is 2.67. The Morgan fingerprint density at radius 1 is 1.39 bits per heavy atom.